The van der Waals surface area contributed by atoms with Crippen molar-refractivity contribution in [2.75, 3.05) is 23.7 Å². The van der Waals surface area contributed by atoms with E-state index in [1.54, 1.807) is 0 Å². The number of piperidine rings is 1. The van der Waals surface area contributed by atoms with Crippen molar-refractivity contribution >= 4 is 23.2 Å². The van der Waals surface area contributed by atoms with Crippen LogP contribution in [0.1, 0.15) is 58.8 Å². The zero-order valence-corrected chi connectivity index (χ0v) is 16.7. The Hall–Kier alpha value is -2.04. The normalized spacial score (nSPS) is 21.1. The Morgan fingerprint density at radius 1 is 0.963 bits per heavy atom. The minimum Gasteiger partial charge on any atom is -0.382 e. The third kappa shape index (κ3) is 5.47. The standard InChI is InChI=1S/C22H33N3O2/c1-16(2)22(27)25-14-6-7-17(15-25)21(26)24-20-12-10-19(11-13-20)23-18-8-4-3-5-9-18/h10-13,16-18,23H,3-9,14-15H2,1-2H3,(H,24,26). The maximum Gasteiger partial charge on any atom is 0.229 e. The molecule has 0 radical (unpaired) electrons. The van der Waals surface area contributed by atoms with E-state index >= 15 is 0 Å². The Balaban J connectivity index is 1.52. The lowest BCUT2D eigenvalue weighted by molar-refractivity contribution is -0.137. The summed E-state index contributed by atoms with van der Waals surface area (Å²) in [7, 11) is 0. The van der Waals surface area contributed by atoms with Gasteiger partial charge in [-0.05, 0) is 49.9 Å². The zero-order chi connectivity index (χ0) is 19.2. The second-order valence-electron chi connectivity index (χ2n) is 8.32. The van der Waals surface area contributed by atoms with Gasteiger partial charge in [-0.2, -0.15) is 0 Å². The number of amides is 2. The highest BCUT2D eigenvalue weighted by molar-refractivity contribution is 5.93. The monoisotopic (exact) mass is 371 g/mol. The molecular formula is C22H33N3O2. The van der Waals surface area contributed by atoms with Crippen LogP contribution >= 0.6 is 0 Å². The smallest absolute Gasteiger partial charge is 0.229 e. The quantitative estimate of drug-likeness (QED) is 0.813. The van der Waals surface area contributed by atoms with Crippen molar-refractivity contribution in [3.8, 4) is 0 Å². The summed E-state index contributed by atoms with van der Waals surface area (Å²) in [5, 5.41) is 6.62. The number of likely N-dealkylation sites (tertiary alicyclic amines) is 1. The topological polar surface area (TPSA) is 61.4 Å². The summed E-state index contributed by atoms with van der Waals surface area (Å²) < 4.78 is 0. The lowest BCUT2D eigenvalue weighted by Crippen LogP contribution is -2.45. The van der Waals surface area contributed by atoms with Gasteiger partial charge in [-0.25, -0.2) is 0 Å². The number of carbonyl (C=O) groups is 2. The van der Waals surface area contributed by atoms with E-state index in [0.717, 1.165) is 30.8 Å². The second-order valence-corrected chi connectivity index (χ2v) is 8.32. The van der Waals surface area contributed by atoms with Crippen LogP contribution in [0.25, 0.3) is 0 Å². The van der Waals surface area contributed by atoms with Gasteiger partial charge in [0.05, 0.1) is 5.92 Å². The lowest BCUT2D eigenvalue weighted by atomic mass is 9.95. The molecule has 1 saturated carbocycles. The van der Waals surface area contributed by atoms with Gasteiger partial charge in [0.1, 0.15) is 0 Å². The lowest BCUT2D eigenvalue weighted by Gasteiger charge is -2.33. The van der Waals surface area contributed by atoms with Crippen molar-refractivity contribution in [3.05, 3.63) is 24.3 Å². The summed E-state index contributed by atoms with van der Waals surface area (Å²) in [6.07, 6.45) is 8.19. The van der Waals surface area contributed by atoms with E-state index in [1.165, 1.54) is 32.1 Å². The fourth-order valence-electron chi connectivity index (χ4n) is 4.13. The molecule has 1 aromatic rings. The molecule has 148 valence electrons. The minimum absolute atomic E-state index is 0.0176. The van der Waals surface area contributed by atoms with Crippen LogP contribution in [0.2, 0.25) is 0 Å². The van der Waals surface area contributed by atoms with Gasteiger partial charge in [0.2, 0.25) is 11.8 Å². The van der Waals surface area contributed by atoms with Gasteiger partial charge < -0.3 is 15.5 Å². The first-order chi connectivity index (χ1) is 13.0. The Morgan fingerprint density at radius 2 is 1.63 bits per heavy atom. The van der Waals surface area contributed by atoms with Crippen LogP contribution < -0.4 is 10.6 Å². The molecule has 27 heavy (non-hydrogen) atoms. The molecule has 1 saturated heterocycles. The Morgan fingerprint density at radius 3 is 2.30 bits per heavy atom. The molecule has 1 aliphatic heterocycles. The highest BCUT2D eigenvalue weighted by Crippen LogP contribution is 2.24. The van der Waals surface area contributed by atoms with Crippen LogP contribution in [0.15, 0.2) is 24.3 Å². The number of nitrogens with zero attached hydrogens (tertiary/aromatic N) is 1. The fraction of sp³-hybridized carbons (Fsp3) is 0.636. The summed E-state index contributed by atoms with van der Waals surface area (Å²) in [5.74, 6) is 0.0207. The zero-order valence-electron chi connectivity index (χ0n) is 16.7. The number of benzene rings is 1. The number of nitrogens with one attached hydrogen (secondary N) is 2. The fourth-order valence-corrected chi connectivity index (χ4v) is 4.13. The SMILES string of the molecule is CC(C)C(=O)N1CCCC(C(=O)Nc2ccc(NC3CCCCC3)cc2)C1. The van der Waals surface area contributed by atoms with Gasteiger partial charge in [0.25, 0.3) is 0 Å². The Bertz CT molecular complexity index is 635. The molecule has 1 aliphatic carbocycles. The summed E-state index contributed by atoms with van der Waals surface area (Å²) in [5.41, 5.74) is 1.94. The maximum absolute atomic E-state index is 12.6. The van der Waals surface area contributed by atoms with Crippen molar-refractivity contribution in [1.82, 2.24) is 4.90 Å². The van der Waals surface area contributed by atoms with E-state index < -0.39 is 0 Å². The number of anilines is 2. The first-order valence-corrected chi connectivity index (χ1v) is 10.5. The molecule has 0 bridgehead atoms. The molecular weight excluding hydrogens is 338 g/mol. The third-order valence-corrected chi connectivity index (χ3v) is 5.73. The summed E-state index contributed by atoms with van der Waals surface area (Å²) in [6, 6.07) is 8.58. The molecule has 1 aromatic carbocycles. The molecule has 2 amide bonds. The first-order valence-electron chi connectivity index (χ1n) is 10.5. The van der Waals surface area contributed by atoms with Gasteiger partial charge in [-0.15, -0.1) is 0 Å². The largest absolute Gasteiger partial charge is 0.382 e. The highest BCUT2D eigenvalue weighted by atomic mass is 16.2. The van der Waals surface area contributed by atoms with Gasteiger partial charge >= 0.3 is 0 Å². The van der Waals surface area contributed by atoms with E-state index in [-0.39, 0.29) is 23.7 Å². The van der Waals surface area contributed by atoms with Crippen LogP contribution in [-0.2, 0) is 9.59 Å². The van der Waals surface area contributed by atoms with Crippen molar-refractivity contribution < 1.29 is 9.59 Å². The molecule has 2 N–H and O–H groups in total. The molecule has 1 atom stereocenters. The minimum atomic E-state index is -0.124. The van der Waals surface area contributed by atoms with E-state index in [4.69, 9.17) is 0 Å². The molecule has 5 nitrogen and oxygen atoms in total. The van der Waals surface area contributed by atoms with Crippen LogP contribution in [0.5, 0.6) is 0 Å². The second kappa shape index (κ2) is 9.25. The third-order valence-electron chi connectivity index (χ3n) is 5.73. The number of hydrogen-bond donors (Lipinski definition) is 2. The number of carbonyl (C=O) groups excluding carboxylic acids is 2. The molecule has 1 heterocycles. The Kier molecular flexibility index (Phi) is 6.75. The maximum atomic E-state index is 12.6. The summed E-state index contributed by atoms with van der Waals surface area (Å²) >= 11 is 0. The number of rotatable bonds is 5. The van der Waals surface area contributed by atoms with Crippen LogP contribution in [0, 0.1) is 11.8 Å². The van der Waals surface area contributed by atoms with E-state index in [1.807, 2.05) is 43.0 Å². The average molecular weight is 372 g/mol. The van der Waals surface area contributed by atoms with Gasteiger partial charge in [0.15, 0.2) is 0 Å². The van der Waals surface area contributed by atoms with Crippen LogP contribution in [-0.4, -0.2) is 35.8 Å². The van der Waals surface area contributed by atoms with Crippen molar-refractivity contribution in [3.63, 3.8) is 0 Å². The Labute approximate surface area is 162 Å². The van der Waals surface area contributed by atoms with Gasteiger partial charge in [-0.3, -0.25) is 9.59 Å². The van der Waals surface area contributed by atoms with Gasteiger partial charge in [-0.1, -0.05) is 33.1 Å². The molecule has 3 rings (SSSR count). The van der Waals surface area contributed by atoms with Crippen molar-refractivity contribution in [2.24, 2.45) is 11.8 Å². The van der Waals surface area contributed by atoms with Crippen LogP contribution in [0.3, 0.4) is 0 Å². The molecule has 2 aliphatic rings. The van der Waals surface area contributed by atoms with Crippen LogP contribution in [0.4, 0.5) is 11.4 Å². The molecule has 2 fully saturated rings. The number of hydrogen-bond acceptors (Lipinski definition) is 3. The first kappa shape index (κ1) is 19.7. The predicted octanol–water partition coefficient (Wildman–Crippen LogP) is 4.26. The summed E-state index contributed by atoms with van der Waals surface area (Å²) in [4.78, 5) is 26.7. The molecule has 5 heteroatoms. The highest BCUT2D eigenvalue weighted by Gasteiger charge is 2.29. The van der Waals surface area contributed by atoms with Crippen molar-refractivity contribution in [2.45, 2.75) is 64.8 Å². The van der Waals surface area contributed by atoms with E-state index in [9.17, 15) is 9.59 Å². The molecule has 0 spiro atoms. The van der Waals surface area contributed by atoms with E-state index in [2.05, 4.69) is 10.6 Å². The van der Waals surface area contributed by atoms with E-state index in [0.29, 0.717) is 12.6 Å². The summed E-state index contributed by atoms with van der Waals surface area (Å²) in [6.45, 7) is 5.12. The van der Waals surface area contributed by atoms with Gasteiger partial charge in [0, 0.05) is 36.4 Å². The molecule has 1 unspecified atom stereocenters. The van der Waals surface area contributed by atoms with Crippen molar-refractivity contribution in [1.29, 1.82) is 0 Å². The molecule has 0 aromatic heterocycles. The predicted molar refractivity (Wildman–Crippen MR) is 110 cm³/mol. The average Bonchev–Trinajstić information content (AvgIpc) is 2.69.